The average molecular weight is 451 g/mol. The first kappa shape index (κ1) is 26.5. The summed E-state index contributed by atoms with van der Waals surface area (Å²) in [6.45, 7) is 7.36. The van der Waals surface area contributed by atoms with Crippen molar-refractivity contribution >= 4 is 5.97 Å². The quantitative estimate of drug-likeness (QED) is 0.348. The molecule has 2 rings (SSSR count). The minimum atomic E-state index is -1.74. The van der Waals surface area contributed by atoms with E-state index in [-0.39, 0.29) is 31.8 Å². The van der Waals surface area contributed by atoms with Crippen molar-refractivity contribution in [3.05, 3.63) is 47.0 Å². The molecule has 1 aliphatic heterocycles. The smallest absolute Gasteiger partial charge is 0.338 e. The lowest BCUT2D eigenvalue weighted by atomic mass is 9.76. The van der Waals surface area contributed by atoms with Gasteiger partial charge in [-0.15, -0.1) is 0 Å². The summed E-state index contributed by atoms with van der Waals surface area (Å²) in [6, 6.07) is 7.29. The van der Waals surface area contributed by atoms with E-state index in [1.165, 1.54) is 0 Å². The summed E-state index contributed by atoms with van der Waals surface area (Å²) in [5, 5.41) is 52.0. The third-order valence-corrected chi connectivity index (χ3v) is 6.56. The summed E-state index contributed by atoms with van der Waals surface area (Å²) in [5.41, 5.74) is 1.50. The van der Waals surface area contributed by atoms with Crippen LogP contribution < -0.4 is 0 Å². The van der Waals surface area contributed by atoms with Gasteiger partial charge in [0.05, 0.1) is 18.3 Å². The van der Waals surface area contributed by atoms with E-state index in [2.05, 4.69) is 0 Å². The summed E-state index contributed by atoms with van der Waals surface area (Å²) in [5.74, 6) is -1.11. The molecule has 1 aliphatic rings. The van der Waals surface area contributed by atoms with Gasteiger partial charge in [-0.05, 0) is 30.0 Å². The number of ether oxygens (including phenoxy) is 1. The summed E-state index contributed by atoms with van der Waals surface area (Å²) in [4.78, 5) is 12.6. The second-order valence-electron chi connectivity index (χ2n) is 9.47. The van der Waals surface area contributed by atoms with E-state index in [1.807, 2.05) is 32.9 Å². The zero-order valence-corrected chi connectivity index (χ0v) is 19.4. The minimum absolute atomic E-state index is 0.0198. The van der Waals surface area contributed by atoms with E-state index in [9.17, 15) is 30.3 Å². The number of fused-ring (bicyclic) bond motifs is 2. The molecule has 32 heavy (non-hydrogen) atoms. The highest BCUT2D eigenvalue weighted by atomic mass is 16.6. The Morgan fingerprint density at radius 2 is 1.91 bits per heavy atom. The zero-order chi connectivity index (χ0) is 24.1. The molecule has 0 fully saturated rings. The Balaban J connectivity index is 2.42. The van der Waals surface area contributed by atoms with Crippen molar-refractivity contribution in [2.75, 3.05) is 6.61 Å². The lowest BCUT2D eigenvalue weighted by Crippen LogP contribution is -2.41. The number of aliphatic hydroxyl groups excluding tert-OH is 5. The molecule has 1 heterocycles. The first-order chi connectivity index (χ1) is 15.0. The van der Waals surface area contributed by atoms with E-state index in [0.29, 0.717) is 17.6 Å². The predicted octanol–water partition coefficient (Wildman–Crippen LogP) is 1.62. The van der Waals surface area contributed by atoms with Crippen LogP contribution >= 0.6 is 0 Å². The number of cyclic esters (lactones) is 1. The van der Waals surface area contributed by atoms with Crippen LogP contribution in [0.25, 0.3) is 0 Å². The summed E-state index contributed by atoms with van der Waals surface area (Å²) in [7, 11) is 0. The molecule has 0 spiro atoms. The molecule has 5 N–H and O–H groups in total. The van der Waals surface area contributed by atoms with Gasteiger partial charge in [-0.2, -0.15) is 0 Å². The molecular formula is C25H38O7. The fourth-order valence-electron chi connectivity index (χ4n) is 4.01. The van der Waals surface area contributed by atoms with E-state index < -0.39 is 41.9 Å². The molecule has 1 aromatic carbocycles. The van der Waals surface area contributed by atoms with Crippen LogP contribution in [0.5, 0.6) is 0 Å². The molecule has 7 heteroatoms. The number of carbonyl (C=O) groups is 1. The summed E-state index contributed by atoms with van der Waals surface area (Å²) < 4.78 is 5.50. The Kier molecular flexibility index (Phi) is 9.42. The van der Waals surface area contributed by atoms with Crippen LogP contribution in [0.2, 0.25) is 0 Å². The van der Waals surface area contributed by atoms with Gasteiger partial charge in [0.15, 0.2) is 6.10 Å². The molecule has 2 bridgehead atoms. The van der Waals surface area contributed by atoms with Crippen molar-refractivity contribution in [3.63, 3.8) is 0 Å². The fourth-order valence-corrected chi connectivity index (χ4v) is 4.01. The second-order valence-corrected chi connectivity index (χ2v) is 9.47. The third-order valence-electron chi connectivity index (χ3n) is 6.56. The largest absolute Gasteiger partial charge is 0.456 e. The molecule has 0 amide bonds. The summed E-state index contributed by atoms with van der Waals surface area (Å²) in [6.07, 6.45) is -3.22. The van der Waals surface area contributed by atoms with E-state index in [4.69, 9.17) is 4.74 Å². The predicted molar refractivity (Wildman–Crippen MR) is 121 cm³/mol. The number of rotatable bonds is 4. The Hall–Kier alpha value is -1.77. The second kappa shape index (κ2) is 11.4. The zero-order valence-electron chi connectivity index (χ0n) is 19.4. The highest BCUT2D eigenvalue weighted by Gasteiger charge is 2.35. The topological polar surface area (TPSA) is 127 Å². The van der Waals surface area contributed by atoms with Crippen molar-refractivity contribution in [2.45, 2.75) is 89.3 Å². The number of benzene rings is 1. The van der Waals surface area contributed by atoms with Crippen molar-refractivity contribution < 1.29 is 35.1 Å². The Bertz CT molecular complexity index is 784. The molecule has 180 valence electrons. The maximum Gasteiger partial charge on any atom is 0.338 e. The van der Waals surface area contributed by atoms with Crippen molar-refractivity contribution in [2.24, 2.45) is 5.92 Å². The van der Waals surface area contributed by atoms with Crippen LogP contribution in [0.4, 0.5) is 0 Å². The van der Waals surface area contributed by atoms with Gasteiger partial charge in [0.2, 0.25) is 0 Å². The molecule has 0 radical (unpaired) electrons. The van der Waals surface area contributed by atoms with Crippen LogP contribution in [-0.2, 0) is 21.4 Å². The first-order valence-corrected chi connectivity index (χ1v) is 11.3. The molecule has 0 saturated heterocycles. The lowest BCUT2D eigenvalue weighted by Gasteiger charge is -2.34. The van der Waals surface area contributed by atoms with Gasteiger partial charge in [0.25, 0.3) is 0 Å². The average Bonchev–Trinajstić information content (AvgIpc) is 2.75. The Morgan fingerprint density at radius 1 is 1.22 bits per heavy atom. The molecular weight excluding hydrogens is 412 g/mol. The molecule has 7 nitrogen and oxygen atoms in total. The number of carbonyl (C=O) groups excluding carboxylic acids is 1. The highest BCUT2D eigenvalue weighted by molar-refractivity contribution is 5.75. The maximum atomic E-state index is 12.6. The van der Waals surface area contributed by atoms with Gasteiger partial charge < -0.3 is 30.3 Å². The lowest BCUT2D eigenvalue weighted by molar-refractivity contribution is -0.164. The fraction of sp³-hybridized carbons (Fsp3) is 0.640. The molecule has 0 aromatic heterocycles. The summed E-state index contributed by atoms with van der Waals surface area (Å²) >= 11 is 0. The first-order valence-electron chi connectivity index (χ1n) is 11.3. The van der Waals surface area contributed by atoms with Crippen LogP contribution in [0, 0.1) is 5.92 Å². The monoisotopic (exact) mass is 450 g/mol. The molecule has 6 atom stereocenters. The van der Waals surface area contributed by atoms with Gasteiger partial charge in [-0.25, -0.2) is 4.79 Å². The van der Waals surface area contributed by atoms with Gasteiger partial charge in [-0.3, -0.25) is 0 Å². The van der Waals surface area contributed by atoms with Crippen LogP contribution in [0.1, 0.15) is 58.1 Å². The van der Waals surface area contributed by atoms with E-state index in [1.54, 1.807) is 25.1 Å². The van der Waals surface area contributed by atoms with Crippen LogP contribution in [-0.4, -0.2) is 68.6 Å². The maximum absolute atomic E-state index is 12.6. The number of hydrogen-bond acceptors (Lipinski definition) is 7. The van der Waals surface area contributed by atoms with Gasteiger partial charge in [-0.1, -0.05) is 51.1 Å². The molecule has 0 unspecified atom stereocenters. The van der Waals surface area contributed by atoms with Crippen LogP contribution in [0.15, 0.2) is 35.9 Å². The third kappa shape index (κ3) is 6.62. The van der Waals surface area contributed by atoms with Crippen LogP contribution in [0.3, 0.4) is 0 Å². The molecule has 0 aliphatic carbocycles. The minimum Gasteiger partial charge on any atom is -0.456 e. The standard InChI is InChI=1S/C25H38O7/c1-5-16(14-26)9-15(2)21-12-19(27)13-22(29)25(3,4)18-8-6-7-17(10-18)11-20(28)23(30)24(31)32-21/h6-10,16,19-23,26-30H,5,11-14H2,1-4H3/b15-9-/t16-,19-,20-,21+,22+,23+/m1/s1. The van der Waals surface area contributed by atoms with E-state index in [0.717, 1.165) is 5.56 Å². The van der Waals surface area contributed by atoms with E-state index >= 15 is 0 Å². The van der Waals surface area contributed by atoms with Gasteiger partial charge >= 0.3 is 5.97 Å². The Morgan fingerprint density at radius 3 is 2.53 bits per heavy atom. The Labute approximate surface area is 190 Å². The number of aliphatic hydroxyl groups is 5. The SMILES string of the molecule is CC[C@H](/C=C(/C)[C@@H]1C[C@@H](O)C[C@H](O)C(C)(C)c2cccc(c2)C[C@@H](O)[C@H](O)C(=O)O1)CO. The number of esters is 1. The van der Waals surface area contributed by atoms with Gasteiger partial charge in [0, 0.05) is 37.2 Å². The normalized spacial score (nSPS) is 30.8. The van der Waals surface area contributed by atoms with Crippen molar-refractivity contribution in [1.82, 2.24) is 0 Å². The van der Waals surface area contributed by atoms with Gasteiger partial charge in [0.1, 0.15) is 6.10 Å². The molecule has 0 saturated carbocycles. The van der Waals surface area contributed by atoms with Crippen molar-refractivity contribution in [3.8, 4) is 0 Å². The number of hydrogen-bond donors (Lipinski definition) is 5. The van der Waals surface area contributed by atoms with Crippen molar-refractivity contribution in [1.29, 1.82) is 0 Å². The molecule has 1 aromatic rings. The highest BCUT2D eigenvalue weighted by Crippen LogP contribution is 2.32.